The van der Waals surface area contributed by atoms with Gasteiger partial charge in [-0.05, 0) is 25.0 Å². The summed E-state index contributed by atoms with van der Waals surface area (Å²) in [5.41, 5.74) is 2.44. The van der Waals surface area contributed by atoms with Crippen molar-refractivity contribution >= 4 is 5.97 Å². The van der Waals surface area contributed by atoms with Gasteiger partial charge in [-0.15, -0.1) is 0 Å². The van der Waals surface area contributed by atoms with Crippen molar-refractivity contribution in [3.8, 4) is 6.07 Å². The quantitative estimate of drug-likeness (QED) is 0.708. The van der Waals surface area contributed by atoms with Gasteiger partial charge < -0.3 is 4.74 Å². The van der Waals surface area contributed by atoms with Crippen LogP contribution in [0.25, 0.3) is 0 Å². The van der Waals surface area contributed by atoms with Crippen LogP contribution < -0.4 is 0 Å². The van der Waals surface area contributed by atoms with Gasteiger partial charge in [-0.2, -0.15) is 5.26 Å². The number of carbonyl (C=O) groups excluding carboxylic acids is 1. The number of ether oxygens (including phenoxy) is 1. The van der Waals surface area contributed by atoms with Crippen molar-refractivity contribution in [1.29, 1.82) is 5.26 Å². The van der Waals surface area contributed by atoms with Crippen LogP contribution in [0.3, 0.4) is 0 Å². The molecule has 0 amide bonds. The molecule has 0 saturated carbocycles. The molecular weight excluding hydrogens is 190 g/mol. The van der Waals surface area contributed by atoms with Crippen LogP contribution in [0.4, 0.5) is 0 Å². The molecule has 0 spiro atoms. The van der Waals surface area contributed by atoms with Crippen LogP contribution in [0.15, 0.2) is 18.2 Å². The first-order valence-corrected chi connectivity index (χ1v) is 4.74. The first-order chi connectivity index (χ1) is 7.19. The standard InChI is InChI=1S/C12H13NO2/c1-9-5-6-10(4-3-7-13)11(8-9)12(14)15-2/h5-6,8H,3-4H2,1-2H3. The second kappa shape index (κ2) is 5.16. The van der Waals surface area contributed by atoms with E-state index in [4.69, 9.17) is 10.00 Å². The molecule has 0 fully saturated rings. The third-order valence-corrected chi connectivity index (χ3v) is 2.18. The number of esters is 1. The molecule has 15 heavy (non-hydrogen) atoms. The van der Waals surface area contributed by atoms with Crippen LogP contribution in [0, 0.1) is 18.3 Å². The monoisotopic (exact) mass is 203 g/mol. The number of methoxy groups -OCH3 is 1. The summed E-state index contributed by atoms with van der Waals surface area (Å²) in [6, 6.07) is 7.66. The molecule has 1 aromatic carbocycles. The summed E-state index contributed by atoms with van der Waals surface area (Å²) in [6.45, 7) is 1.92. The summed E-state index contributed by atoms with van der Waals surface area (Å²) in [6.07, 6.45) is 0.994. The number of benzene rings is 1. The maximum absolute atomic E-state index is 11.4. The molecule has 0 bridgehead atoms. The molecule has 0 aliphatic carbocycles. The van der Waals surface area contributed by atoms with E-state index >= 15 is 0 Å². The van der Waals surface area contributed by atoms with Crippen molar-refractivity contribution in [3.63, 3.8) is 0 Å². The van der Waals surface area contributed by atoms with E-state index in [1.807, 2.05) is 19.1 Å². The average Bonchev–Trinajstić information content (AvgIpc) is 2.26. The minimum Gasteiger partial charge on any atom is -0.465 e. The molecule has 0 atom stereocenters. The Bertz CT molecular complexity index is 405. The highest BCUT2D eigenvalue weighted by Gasteiger charge is 2.11. The van der Waals surface area contributed by atoms with E-state index in [-0.39, 0.29) is 5.97 Å². The smallest absolute Gasteiger partial charge is 0.338 e. The van der Waals surface area contributed by atoms with E-state index in [9.17, 15) is 4.79 Å². The van der Waals surface area contributed by atoms with Crippen molar-refractivity contribution in [2.45, 2.75) is 19.8 Å². The summed E-state index contributed by atoms with van der Waals surface area (Å²) in [7, 11) is 1.36. The molecule has 1 rings (SSSR count). The van der Waals surface area contributed by atoms with Gasteiger partial charge in [0.1, 0.15) is 0 Å². The highest BCUT2D eigenvalue weighted by Crippen LogP contribution is 2.14. The average molecular weight is 203 g/mol. The molecule has 1 aromatic rings. The lowest BCUT2D eigenvalue weighted by atomic mass is 10.0. The van der Waals surface area contributed by atoms with Crippen molar-refractivity contribution < 1.29 is 9.53 Å². The molecule has 0 aliphatic heterocycles. The number of nitrogens with zero attached hydrogens (tertiary/aromatic N) is 1. The SMILES string of the molecule is COC(=O)c1cc(C)ccc1CCC#N. The zero-order valence-electron chi connectivity index (χ0n) is 8.91. The van der Waals surface area contributed by atoms with Crippen LogP contribution in [0.1, 0.15) is 27.9 Å². The topological polar surface area (TPSA) is 50.1 Å². The molecule has 0 radical (unpaired) electrons. The fourth-order valence-electron chi connectivity index (χ4n) is 1.40. The van der Waals surface area contributed by atoms with Gasteiger partial charge in [0.05, 0.1) is 18.7 Å². The molecular formula is C12H13NO2. The fraction of sp³-hybridized carbons (Fsp3) is 0.333. The molecule has 0 aromatic heterocycles. The Kier molecular flexibility index (Phi) is 3.87. The Morgan fingerprint density at radius 3 is 2.87 bits per heavy atom. The highest BCUT2D eigenvalue weighted by molar-refractivity contribution is 5.91. The number of carbonyl (C=O) groups is 1. The predicted molar refractivity (Wildman–Crippen MR) is 56.5 cm³/mol. The van der Waals surface area contributed by atoms with Gasteiger partial charge in [-0.1, -0.05) is 17.7 Å². The molecule has 3 heteroatoms. The van der Waals surface area contributed by atoms with Crippen LogP contribution in [0.2, 0.25) is 0 Å². The first kappa shape index (κ1) is 11.3. The fourth-order valence-corrected chi connectivity index (χ4v) is 1.40. The van der Waals surface area contributed by atoms with Crippen molar-refractivity contribution in [3.05, 3.63) is 34.9 Å². The minimum absolute atomic E-state index is 0.341. The summed E-state index contributed by atoms with van der Waals surface area (Å²) in [5.74, 6) is -0.341. The van der Waals surface area contributed by atoms with Gasteiger partial charge in [-0.3, -0.25) is 0 Å². The zero-order chi connectivity index (χ0) is 11.3. The van der Waals surface area contributed by atoms with E-state index in [2.05, 4.69) is 6.07 Å². The summed E-state index contributed by atoms with van der Waals surface area (Å²) in [5, 5.41) is 8.50. The Labute approximate surface area is 89.3 Å². The summed E-state index contributed by atoms with van der Waals surface area (Å²) in [4.78, 5) is 11.4. The van der Waals surface area contributed by atoms with Gasteiger partial charge >= 0.3 is 5.97 Å². The van der Waals surface area contributed by atoms with E-state index in [1.54, 1.807) is 6.07 Å². The number of aryl methyl sites for hydroxylation is 2. The normalized spacial score (nSPS) is 9.40. The Hall–Kier alpha value is -1.82. The van der Waals surface area contributed by atoms with E-state index in [0.717, 1.165) is 11.1 Å². The van der Waals surface area contributed by atoms with Gasteiger partial charge in [0.25, 0.3) is 0 Å². The molecule has 78 valence electrons. The lowest BCUT2D eigenvalue weighted by Crippen LogP contribution is -2.06. The molecule has 0 N–H and O–H groups in total. The van der Waals surface area contributed by atoms with Gasteiger partial charge in [-0.25, -0.2) is 4.79 Å². The van der Waals surface area contributed by atoms with Gasteiger partial charge in [0.15, 0.2) is 0 Å². The van der Waals surface area contributed by atoms with Crippen LogP contribution in [-0.2, 0) is 11.2 Å². The Morgan fingerprint density at radius 1 is 1.53 bits per heavy atom. The van der Waals surface area contributed by atoms with E-state index in [0.29, 0.717) is 18.4 Å². The Morgan fingerprint density at radius 2 is 2.27 bits per heavy atom. The number of nitriles is 1. The van der Waals surface area contributed by atoms with Crippen molar-refractivity contribution in [2.24, 2.45) is 0 Å². The van der Waals surface area contributed by atoms with Crippen LogP contribution in [0.5, 0.6) is 0 Å². The third-order valence-electron chi connectivity index (χ3n) is 2.18. The van der Waals surface area contributed by atoms with Crippen molar-refractivity contribution in [2.75, 3.05) is 7.11 Å². The maximum atomic E-state index is 11.4. The van der Waals surface area contributed by atoms with Gasteiger partial charge in [0.2, 0.25) is 0 Å². The number of hydrogen-bond donors (Lipinski definition) is 0. The number of hydrogen-bond acceptors (Lipinski definition) is 3. The maximum Gasteiger partial charge on any atom is 0.338 e. The molecule has 0 unspecified atom stereocenters. The van der Waals surface area contributed by atoms with E-state index in [1.165, 1.54) is 7.11 Å². The summed E-state index contributed by atoms with van der Waals surface area (Å²) < 4.78 is 4.69. The van der Waals surface area contributed by atoms with Gasteiger partial charge in [0, 0.05) is 6.42 Å². The largest absolute Gasteiger partial charge is 0.465 e. The molecule has 0 saturated heterocycles. The van der Waals surface area contributed by atoms with E-state index < -0.39 is 0 Å². The van der Waals surface area contributed by atoms with Crippen LogP contribution >= 0.6 is 0 Å². The third kappa shape index (κ3) is 2.81. The molecule has 0 heterocycles. The minimum atomic E-state index is -0.341. The summed E-state index contributed by atoms with van der Waals surface area (Å²) >= 11 is 0. The zero-order valence-corrected chi connectivity index (χ0v) is 8.91. The molecule has 0 aliphatic rings. The lowest BCUT2D eigenvalue weighted by Gasteiger charge is -2.07. The first-order valence-electron chi connectivity index (χ1n) is 4.74. The van der Waals surface area contributed by atoms with Crippen LogP contribution in [-0.4, -0.2) is 13.1 Å². The lowest BCUT2D eigenvalue weighted by molar-refractivity contribution is 0.0599. The second-order valence-corrected chi connectivity index (χ2v) is 3.31. The highest BCUT2D eigenvalue weighted by atomic mass is 16.5. The second-order valence-electron chi connectivity index (χ2n) is 3.31. The predicted octanol–water partition coefficient (Wildman–Crippen LogP) is 2.24. The number of rotatable bonds is 3. The Balaban J connectivity index is 3.04. The molecule has 3 nitrogen and oxygen atoms in total. The van der Waals surface area contributed by atoms with Crippen molar-refractivity contribution in [1.82, 2.24) is 0 Å².